The van der Waals surface area contributed by atoms with E-state index in [2.05, 4.69) is 32.0 Å². The van der Waals surface area contributed by atoms with Gasteiger partial charge in [0.15, 0.2) is 0 Å². The van der Waals surface area contributed by atoms with Crippen LogP contribution in [0.4, 0.5) is 0 Å². The molecule has 0 unspecified atom stereocenters. The van der Waals surface area contributed by atoms with Crippen molar-refractivity contribution in [3.63, 3.8) is 0 Å². The van der Waals surface area contributed by atoms with E-state index in [1.807, 2.05) is 4.90 Å². The van der Waals surface area contributed by atoms with Gasteiger partial charge in [-0.25, -0.2) is 0 Å². The van der Waals surface area contributed by atoms with Crippen molar-refractivity contribution in [1.82, 2.24) is 4.90 Å². The highest BCUT2D eigenvalue weighted by molar-refractivity contribution is 5.77. The van der Waals surface area contributed by atoms with Crippen molar-refractivity contribution in [2.75, 3.05) is 13.1 Å². The third-order valence-electron chi connectivity index (χ3n) is 4.30. The lowest BCUT2D eigenvalue weighted by atomic mass is 9.96. The Morgan fingerprint density at radius 1 is 1.24 bits per heavy atom. The van der Waals surface area contributed by atoms with Gasteiger partial charge in [-0.05, 0) is 44.2 Å². The van der Waals surface area contributed by atoms with Crippen LogP contribution < -0.4 is 0 Å². The molecule has 21 heavy (non-hydrogen) atoms. The molecule has 0 atom stereocenters. The summed E-state index contributed by atoms with van der Waals surface area (Å²) < 4.78 is 0. The monoisotopic (exact) mass is 289 g/mol. The topological polar surface area (TPSA) is 57.6 Å². The van der Waals surface area contributed by atoms with Crippen molar-refractivity contribution in [3.05, 3.63) is 34.9 Å². The SMILES string of the molecule is Cc1ccc(CCC(=O)N2CCC(C(=O)O)CC2)c(C)c1. The highest BCUT2D eigenvalue weighted by Gasteiger charge is 2.26. The molecule has 0 radical (unpaired) electrons. The Bertz CT molecular complexity index is 531. The van der Waals surface area contributed by atoms with Gasteiger partial charge in [-0.15, -0.1) is 0 Å². The minimum absolute atomic E-state index is 0.138. The second-order valence-electron chi connectivity index (χ2n) is 5.92. The summed E-state index contributed by atoms with van der Waals surface area (Å²) in [5.41, 5.74) is 3.68. The third-order valence-corrected chi connectivity index (χ3v) is 4.30. The number of hydrogen-bond donors (Lipinski definition) is 1. The van der Waals surface area contributed by atoms with Gasteiger partial charge in [0.2, 0.25) is 5.91 Å². The average Bonchev–Trinajstić information content (AvgIpc) is 2.46. The molecule has 4 heteroatoms. The summed E-state index contributed by atoms with van der Waals surface area (Å²) in [4.78, 5) is 24.9. The van der Waals surface area contributed by atoms with Crippen LogP contribution in [0, 0.1) is 19.8 Å². The lowest BCUT2D eigenvalue weighted by molar-refractivity contribution is -0.145. The van der Waals surface area contributed by atoms with Crippen LogP contribution in [-0.4, -0.2) is 35.0 Å². The molecule has 4 nitrogen and oxygen atoms in total. The molecule has 2 rings (SSSR count). The number of aliphatic carboxylic acids is 1. The largest absolute Gasteiger partial charge is 0.481 e. The quantitative estimate of drug-likeness (QED) is 0.926. The first-order chi connectivity index (χ1) is 9.97. The number of hydrogen-bond acceptors (Lipinski definition) is 2. The van der Waals surface area contributed by atoms with Gasteiger partial charge < -0.3 is 10.0 Å². The zero-order valence-corrected chi connectivity index (χ0v) is 12.8. The summed E-state index contributed by atoms with van der Waals surface area (Å²) >= 11 is 0. The minimum Gasteiger partial charge on any atom is -0.481 e. The average molecular weight is 289 g/mol. The first-order valence-electron chi connectivity index (χ1n) is 7.54. The first kappa shape index (κ1) is 15.5. The molecule has 1 aromatic carbocycles. The van der Waals surface area contributed by atoms with E-state index < -0.39 is 5.97 Å². The first-order valence-corrected chi connectivity index (χ1v) is 7.54. The summed E-state index contributed by atoms with van der Waals surface area (Å²) in [6.07, 6.45) is 2.40. The fraction of sp³-hybridized carbons (Fsp3) is 0.529. The second-order valence-corrected chi connectivity index (χ2v) is 5.92. The molecule has 1 aliphatic rings. The molecule has 1 amide bonds. The number of amides is 1. The minimum atomic E-state index is -0.739. The molecule has 1 saturated heterocycles. The number of piperidine rings is 1. The number of carbonyl (C=O) groups is 2. The molecule has 0 aliphatic carbocycles. The lowest BCUT2D eigenvalue weighted by Gasteiger charge is -2.30. The van der Waals surface area contributed by atoms with Gasteiger partial charge in [-0.3, -0.25) is 9.59 Å². The van der Waals surface area contributed by atoms with Crippen LogP contribution in [0.2, 0.25) is 0 Å². The van der Waals surface area contributed by atoms with Crippen LogP contribution in [-0.2, 0) is 16.0 Å². The summed E-state index contributed by atoms with van der Waals surface area (Å²) in [5, 5.41) is 8.96. The van der Waals surface area contributed by atoms with Gasteiger partial charge in [0.05, 0.1) is 5.92 Å². The van der Waals surface area contributed by atoms with Gasteiger partial charge in [0.25, 0.3) is 0 Å². The van der Waals surface area contributed by atoms with Gasteiger partial charge in [-0.2, -0.15) is 0 Å². The molecule has 114 valence electrons. The van der Waals surface area contributed by atoms with E-state index in [4.69, 9.17) is 5.11 Å². The number of carboxylic acid groups (broad SMARTS) is 1. The number of rotatable bonds is 4. The van der Waals surface area contributed by atoms with Crippen molar-refractivity contribution in [2.45, 2.75) is 39.5 Å². The second kappa shape index (κ2) is 6.74. The predicted molar refractivity (Wildman–Crippen MR) is 81.2 cm³/mol. The highest BCUT2D eigenvalue weighted by atomic mass is 16.4. The smallest absolute Gasteiger partial charge is 0.306 e. The summed E-state index contributed by atoms with van der Waals surface area (Å²) in [6, 6.07) is 6.30. The Morgan fingerprint density at radius 2 is 1.90 bits per heavy atom. The molecule has 1 fully saturated rings. The molecule has 1 N–H and O–H groups in total. The van der Waals surface area contributed by atoms with Crippen LogP contribution in [0.25, 0.3) is 0 Å². The maximum atomic E-state index is 12.2. The van der Waals surface area contributed by atoms with Gasteiger partial charge in [0, 0.05) is 19.5 Å². The van der Waals surface area contributed by atoms with E-state index >= 15 is 0 Å². The van der Waals surface area contributed by atoms with Crippen LogP contribution in [0.15, 0.2) is 18.2 Å². The Hall–Kier alpha value is -1.84. The lowest BCUT2D eigenvalue weighted by Crippen LogP contribution is -2.40. The molecular formula is C17H23NO3. The summed E-state index contributed by atoms with van der Waals surface area (Å²) in [5.74, 6) is -0.885. The summed E-state index contributed by atoms with van der Waals surface area (Å²) in [6.45, 7) is 5.28. The Morgan fingerprint density at radius 3 is 2.48 bits per heavy atom. The van der Waals surface area contributed by atoms with Crippen LogP contribution in [0.5, 0.6) is 0 Å². The highest BCUT2D eigenvalue weighted by Crippen LogP contribution is 2.19. The van der Waals surface area contributed by atoms with Crippen molar-refractivity contribution in [3.8, 4) is 0 Å². The number of aryl methyl sites for hydroxylation is 3. The van der Waals surface area contributed by atoms with Crippen molar-refractivity contribution < 1.29 is 14.7 Å². The van der Waals surface area contributed by atoms with Gasteiger partial charge in [-0.1, -0.05) is 23.8 Å². The summed E-state index contributed by atoms with van der Waals surface area (Å²) in [7, 11) is 0. The molecular weight excluding hydrogens is 266 g/mol. The number of carbonyl (C=O) groups excluding carboxylic acids is 1. The Labute approximate surface area is 125 Å². The van der Waals surface area contributed by atoms with Crippen LogP contribution >= 0.6 is 0 Å². The molecule has 0 spiro atoms. The van der Waals surface area contributed by atoms with Crippen LogP contribution in [0.3, 0.4) is 0 Å². The fourth-order valence-electron chi connectivity index (χ4n) is 2.90. The molecule has 1 aromatic rings. The zero-order chi connectivity index (χ0) is 15.4. The van der Waals surface area contributed by atoms with Crippen LogP contribution in [0.1, 0.15) is 36.0 Å². The van der Waals surface area contributed by atoms with E-state index in [-0.39, 0.29) is 11.8 Å². The van der Waals surface area contributed by atoms with Gasteiger partial charge >= 0.3 is 5.97 Å². The van der Waals surface area contributed by atoms with Crippen molar-refractivity contribution >= 4 is 11.9 Å². The molecule has 0 saturated carbocycles. The maximum Gasteiger partial charge on any atom is 0.306 e. The van der Waals surface area contributed by atoms with Crippen molar-refractivity contribution in [1.29, 1.82) is 0 Å². The number of nitrogens with zero attached hydrogens (tertiary/aromatic N) is 1. The zero-order valence-electron chi connectivity index (χ0n) is 12.8. The normalized spacial score (nSPS) is 16.0. The van der Waals surface area contributed by atoms with Crippen molar-refractivity contribution in [2.24, 2.45) is 5.92 Å². The van der Waals surface area contributed by atoms with E-state index in [0.717, 1.165) is 6.42 Å². The van der Waals surface area contributed by atoms with E-state index in [9.17, 15) is 9.59 Å². The van der Waals surface area contributed by atoms with E-state index in [1.165, 1.54) is 16.7 Å². The van der Waals surface area contributed by atoms with E-state index in [1.54, 1.807) is 0 Å². The number of likely N-dealkylation sites (tertiary alicyclic amines) is 1. The third kappa shape index (κ3) is 4.06. The number of benzene rings is 1. The van der Waals surface area contributed by atoms with E-state index in [0.29, 0.717) is 32.4 Å². The van der Waals surface area contributed by atoms with Gasteiger partial charge in [0.1, 0.15) is 0 Å². The molecule has 0 bridgehead atoms. The predicted octanol–water partition coefficient (Wildman–Crippen LogP) is 2.56. The molecule has 1 aliphatic heterocycles. The Kier molecular flexibility index (Phi) is 4.99. The standard InChI is InChI=1S/C17H23NO3/c1-12-3-4-14(13(2)11-12)5-6-16(19)18-9-7-15(8-10-18)17(20)21/h3-4,11,15H,5-10H2,1-2H3,(H,20,21). The maximum absolute atomic E-state index is 12.2. The number of carboxylic acids is 1. The molecule has 1 heterocycles. The fourth-order valence-corrected chi connectivity index (χ4v) is 2.90. The Balaban J connectivity index is 1.84. The molecule has 0 aromatic heterocycles.